The van der Waals surface area contributed by atoms with E-state index in [0.717, 1.165) is 12.8 Å². The van der Waals surface area contributed by atoms with E-state index in [0.29, 0.717) is 17.2 Å². The molecule has 2 N–H and O–H groups in total. The molecule has 0 spiro atoms. The first-order valence-electron chi connectivity index (χ1n) is 10.6. The van der Waals surface area contributed by atoms with Gasteiger partial charge in [0.05, 0.1) is 17.7 Å². The van der Waals surface area contributed by atoms with Gasteiger partial charge in [0.2, 0.25) is 0 Å². The number of sulfonamides is 1. The van der Waals surface area contributed by atoms with Gasteiger partial charge in [-0.15, -0.1) is 0 Å². The van der Waals surface area contributed by atoms with Crippen LogP contribution >= 0.6 is 0 Å². The maximum Gasteiger partial charge on any atom is 0.261 e. The van der Waals surface area contributed by atoms with E-state index in [1.54, 1.807) is 24.3 Å². The molecule has 3 aromatic rings. The van der Waals surface area contributed by atoms with E-state index in [4.69, 9.17) is 9.47 Å². The summed E-state index contributed by atoms with van der Waals surface area (Å²) in [6, 6.07) is 22.7. The van der Waals surface area contributed by atoms with Gasteiger partial charge in [-0.2, -0.15) is 0 Å². The first kappa shape index (κ1) is 24.1. The number of nitrogens with one attached hydrogen (secondary N) is 2. The van der Waals surface area contributed by atoms with Gasteiger partial charge in [0.25, 0.3) is 15.9 Å². The minimum atomic E-state index is -3.77. The predicted octanol–water partition coefficient (Wildman–Crippen LogP) is 4.01. The van der Waals surface area contributed by atoms with Gasteiger partial charge in [0, 0.05) is 12.1 Å². The Morgan fingerprint density at radius 2 is 1.67 bits per heavy atom. The standard InChI is InChI=1S/C25H28N2O5S/c1-19(11-12-20-7-4-3-5-8-20)26-25(28)18-32-22-13-15-24(16-14-22)33(29,30)27-21-9-6-10-23(17-21)31-2/h3-10,13-17,19,27H,11-12,18H2,1-2H3,(H,26,28)/t19-/m0/s1. The third-order valence-corrected chi connectivity index (χ3v) is 6.34. The summed E-state index contributed by atoms with van der Waals surface area (Å²) in [6.07, 6.45) is 1.70. The Hall–Kier alpha value is -3.52. The van der Waals surface area contributed by atoms with Crippen LogP contribution in [0.2, 0.25) is 0 Å². The van der Waals surface area contributed by atoms with E-state index in [2.05, 4.69) is 22.2 Å². The third-order valence-electron chi connectivity index (χ3n) is 4.94. The zero-order valence-corrected chi connectivity index (χ0v) is 19.5. The number of rotatable bonds is 11. The fraction of sp³-hybridized carbons (Fsp3) is 0.240. The van der Waals surface area contributed by atoms with Crippen LogP contribution in [0.3, 0.4) is 0 Å². The SMILES string of the molecule is COc1cccc(NS(=O)(=O)c2ccc(OCC(=O)N[C@@H](C)CCc3ccccc3)cc2)c1. The molecule has 0 aliphatic carbocycles. The summed E-state index contributed by atoms with van der Waals surface area (Å²) < 4.78 is 38.3. The van der Waals surface area contributed by atoms with Gasteiger partial charge in [0.1, 0.15) is 11.5 Å². The second-order valence-corrected chi connectivity index (χ2v) is 9.27. The van der Waals surface area contributed by atoms with E-state index in [9.17, 15) is 13.2 Å². The van der Waals surface area contributed by atoms with Crippen LogP contribution in [0.5, 0.6) is 11.5 Å². The fourth-order valence-corrected chi connectivity index (χ4v) is 4.23. The molecule has 0 bridgehead atoms. The number of carbonyl (C=O) groups excluding carboxylic acids is 1. The van der Waals surface area contributed by atoms with Gasteiger partial charge >= 0.3 is 0 Å². The highest BCUT2D eigenvalue weighted by Crippen LogP contribution is 2.22. The summed E-state index contributed by atoms with van der Waals surface area (Å²) >= 11 is 0. The molecule has 0 aliphatic rings. The number of aryl methyl sites for hydroxylation is 1. The van der Waals surface area contributed by atoms with Crippen molar-refractivity contribution < 1.29 is 22.7 Å². The second-order valence-electron chi connectivity index (χ2n) is 7.59. The fourth-order valence-electron chi connectivity index (χ4n) is 3.18. The van der Waals surface area contributed by atoms with E-state index >= 15 is 0 Å². The second kappa shape index (κ2) is 11.4. The molecule has 0 aromatic heterocycles. The zero-order valence-electron chi connectivity index (χ0n) is 18.7. The monoisotopic (exact) mass is 468 g/mol. The molecule has 0 radical (unpaired) electrons. The van der Waals surface area contributed by atoms with Gasteiger partial charge in [-0.3, -0.25) is 9.52 Å². The summed E-state index contributed by atoms with van der Waals surface area (Å²) in [5, 5.41) is 2.91. The van der Waals surface area contributed by atoms with Gasteiger partial charge in [-0.1, -0.05) is 36.4 Å². The van der Waals surface area contributed by atoms with Gasteiger partial charge in [-0.05, 0) is 61.7 Å². The van der Waals surface area contributed by atoms with E-state index in [1.165, 1.54) is 36.9 Å². The minimum Gasteiger partial charge on any atom is -0.497 e. The molecule has 3 aromatic carbocycles. The Balaban J connectivity index is 1.48. The van der Waals surface area contributed by atoms with Crippen LogP contribution in [0.1, 0.15) is 18.9 Å². The molecule has 1 amide bonds. The van der Waals surface area contributed by atoms with Crippen LogP contribution < -0.4 is 19.5 Å². The largest absolute Gasteiger partial charge is 0.497 e. The van der Waals surface area contributed by atoms with Crippen molar-refractivity contribution in [2.24, 2.45) is 0 Å². The predicted molar refractivity (Wildman–Crippen MR) is 128 cm³/mol. The van der Waals surface area contributed by atoms with Crippen LogP contribution in [0, 0.1) is 0 Å². The lowest BCUT2D eigenvalue weighted by molar-refractivity contribution is -0.123. The summed E-state index contributed by atoms with van der Waals surface area (Å²) in [7, 11) is -2.26. The molecule has 0 fully saturated rings. The van der Waals surface area contributed by atoms with Gasteiger partial charge < -0.3 is 14.8 Å². The third kappa shape index (κ3) is 7.54. The summed E-state index contributed by atoms with van der Waals surface area (Å²) in [4.78, 5) is 12.2. The smallest absolute Gasteiger partial charge is 0.261 e. The van der Waals surface area contributed by atoms with Crippen molar-refractivity contribution in [3.8, 4) is 11.5 Å². The highest BCUT2D eigenvalue weighted by Gasteiger charge is 2.15. The van der Waals surface area contributed by atoms with Crippen molar-refractivity contribution >= 4 is 21.6 Å². The highest BCUT2D eigenvalue weighted by molar-refractivity contribution is 7.92. The molecule has 33 heavy (non-hydrogen) atoms. The first-order chi connectivity index (χ1) is 15.9. The number of benzene rings is 3. The van der Waals surface area contributed by atoms with E-state index in [1.807, 2.05) is 25.1 Å². The average molecular weight is 469 g/mol. The van der Waals surface area contributed by atoms with Crippen LogP contribution in [0.15, 0.2) is 83.8 Å². The van der Waals surface area contributed by atoms with Crippen molar-refractivity contribution in [1.82, 2.24) is 5.32 Å². The molecule has 1 atom stereocenters. The Labute approximate surface area is 194 Å². The van der Waals surface area contributed by atoms with Crippen molar-refractivity contribution in [2.45, 2.75) is 30.7 Å². The van der Waals surface area contributed by atoms with Crippen molar-refractivity contribution in [1.29, 1.82) is 0 Å². The molecule has 174 valence electrons. The van der Waals surface area contributed by atoms with Gasteiger partial charge in [-0.25, -0.2) is 8.42 Å². The van der Waals surface area contributed by atoms with Crippen LogP contribution in [0.4, 0.5) is 5.69 Å². The lowest BCUT2D eigenvalue weighted by Crippen LogP contribution is -2.36. The summed E-state index contributed by atoms with van der Waals surface area (Å²) in [5.41, 5.74) is 1.62. The Kier molecular flexibility index (Phi) is 8.32. The topological polar surface area (TPSA) is 93.7 Å². The van der Waals surface area contributed by atoms with Crippen LogP contribution in [0.25, 0.3) is 0 Å². The number of amides is 1. The number of ether oxygens (including phenoxy) is 2. The van der Waals surface area contributed by atoms with Crippen molar-refractivity contribution in [3.63, 3.8) is 0 Å². The number of hydrogen-bond donors (Lipinski definition) is 2. The maximum absolute atomic E-state index is 12.6. The number of anilines is 1. The Morgan fingerprint density at radius 1 is 0.939 bits per heavy atom. The molecule has 7 nitrogen and oxygen atoms in total. The molecular formula is C25H28N2O5S. The molecule has 0 saturated heterocycles. The molecule has 3 rings (SSSR count). The highest BCUT2D eigenvalue weighted by atomic mass is 32.2. The lowest BCUT2D eigenvalue weighted by atomic mass is 10.1. The molecular weight excluding hydrogens is 440 g/mol. The lowest BCUT2D eigenvalue weighted by Gasteiger charge is -2.14. The number of methoxy groups -OCH3 is 1. The van der Waals surface area contributed by atoms with Crippen LogP contribution in [-0.4, -0.2) is 34.1 Å². The zero-order chi connectivity index (χ0) is 23.7. The van der Waals surface area contributed by atoms with Gasteiger partial charge in [0.15, 0.2) is 6.61 Å². The summed E-state index contributed by atoms with van der Waals surface area (Å²) in [6.45, 7) is 1.81. The molecule has 0 aliphatic heterocycles. The minimum absolute atomic E-state index is 0.0107. The molecule has 0 heterocycles. The average Bonchev–Trinajstić information content (AvgIpc) is 2.82. The Morgan fingerprint density at radius 3 is 2.36 bits per heavy atom. The molecule has 0 unspecified atom stereocenters. The quantitative estimate of drug-likeness (QED) is 0.443. The van der Waals surface area contributed by atoms with E-state index < -0.39 is 10.0 Å². The molecule has 0 saturated carbocycles. The van der Waals surface area contributed by atoms with Crippen LogP contribution in [-0.2, 0) is 21.2 Å². The normalized spacial score (nSPS) is 11.9. The number of hydrogen-bond acceptors (Lipinski definition) is 5. The van der Waals surface area contributed by atoms with Crippen molar-refractivity contribution in [2.75, 3.05) is 18.4 Å². The maximum atomic E-state index is 12.6. The Bertz CT molecular complexity index is 1150. The number of carbonyl (C=O) groups is 1. The molecule has 8 heteroatoms. The van der Waals surface area contributed by atoms with E-state index in [-0.39, 0.29) is 23.5 Å². The summed E-state index contributed by atoms with van der Waals surface area (Å²) in [5.74, 6) is 0.723. The first-order valence-corrected chi connectivity index (χ1v) is 12.1. The van der Waals surface area contributed by atoms with Crippen molar-refractivity contribution in [3.05, 3.63) is 84.4 Å².